The number of aliphatic hydroxyl groups is 1. The Kier molecular flexibility index (Phi) is 6.32. The van der Waals surface area contributed by atoms with Crippen molar-refractivity contribution in [2.24, 2.45) is 16.6 Å². The van der Waals surface area contributed by atoms with E-state index in [4.69, 9.17) is 15.2 Å². The Morgan fingerprint density at radius 1 is 1.00 bits per heavy atom. The maximum Gasteiger partial charge on any atom is 0.259 e. The second-order valence-electron chi connectivity index (χ2n) is 9.26. The molecule has 2 heterocycles. The molecule has 2 fully saturated rings. The fourth-order valence-electron chi connectivity index (χ4n) is 5.26. The number of hydrogen-bond acceptors (Lipinski definition) is 5. The Bertz CT molecular complexity index is 1050. The third kappa shape index (κ3) is 4.30. The van der Waals surface area contributed by atoms with E-state index in [9.17, 15) is 9.90 Å². The number of nitrogens with zero attached hydrogens (tertiary/aromatic N) is 3. The van der Waals surface area contributed by atoms with Crippen LogP contribution in [0, 0.1) is 5.92 Å². The predicted molar refractivity (Wildman–Crippen MR) is 128 cm³/mol. The molecule has 8 nitrogen and oxygen atoms in total. The molecule has 0 bridgehead atoms. The molecular formula is C26H32N4O4. The molecule has 8 heteroatoms. The standard InChI is InChI=1S/C26H32N4O4/c27-25(28-17-19-10-11-22-23(16-19)34-18-33-22)30-14-12-29(13-15-30)24(31)26(32,21-8-4-5-9-21)20-6-2-1-3-7-20/h1-3,6-7,10-11,16,21,32H,4-5,8-9,12-15,17-18H2,(H2,27,28). The summed E-state index contributed by atoms with van der Waals surface area (Å²) in [6.45, 7) is 2.85. The Balaban J connectivity index is 1.23. The first-order valence-electron chi connectivity index (χ1n) is 12.1. The summed E-state index contributed by atoms with van der Waals surface area (Å²) < 4.78 is 10.8. The molecule has 2 aromatic rings. The maximum absolute atomic E-state index is 13.7. The van der Waals surface area contributed by atoms with Crippen molar-refractivity contribution < 1.29 is 19.4 Å². The van der Waals surface area contributed by atoms with Crippen molar-refractivity contribution in [2.75, 3.05) is 33.0 Å². The van der Waals surface area contributed by atoms with Gasteiger partial charge in [-0.05, 0) is 36.1 Å². The third-order valence-corrected chi connectivity index (χ3v) is 7.24. The molecule has 2 aromatic carbocycles. The monoisotopic (exact) mass is 464 g/mol. The normalized spacial score (nSPS) is 20.4. The number of guanidine groups is 1. The molecule has 2 aliphatic heterocycles. The van der Waals surface area contributed by atoms with Crippen molar-refractivity contribution in [1.82, 2.24) is 9.80 Å². The zero-order valence-electron chi connectivity index (χ0n) is 19.4. The Labute approximate surface area is 200 Å². The summed E-state index contributed by atoms with van der Waals surface area (Å²) in [6.07, 6.45) is 3.85. The lowest BCUT2D eigenvalue weighted by atomic mass is 9.79. The average molecular weight is 465 g/mol. The van der Waals surface area contributed by atoms with Crippen LogP contribution in [0.4, 0.5) is 0 Å². The van der Waals surface area contributed by atoms with Gasteiger partial charge >= 0.3 is 0 Å². The van der Waals surface area contributed by atoms with Gasteiger partial charge in [-0.25, -0.2) is 4.99 Å². The van der Waals surface area contributed by atoms with Crippen molar-refractivity contribution >= 4 is 11.9 Å². The van der Waals surface area contributed by atoms with Crippen molar-refractivity contribution in [2.45, 2.75) is 37.8 Å². The molecule has 1 unspecified atom stereocenters. The highest BCUT2D eigenvalue weighted by molar-refractivity contribution is 5.87. The molecule has 1 saturated heterocycles. The minimum Gasteiger partial charge on any atom is -0.454 e. The van der Waals surface area contributed by atoms with E-state index in [1.54, 1.807) is 4.90 Å². The van der Waals surface area contributed by atoms with Gasteiger partial charge in [-0.1, -0.05) is 49.2 Å². The molecule has 1 aliphatic carbocycles. The summed E-state index contributed by atoms with van der Waals surface area (Å²) in [6, 6.07) is 15.2. The van der Waals surface area contributed by atoms with Crippen LogP contribution in [0.2, 0.25) is 0 Å². The molecule has 1 amide bonds. The van der Waals surface area contributed by atoms with Crippen LogP contribution in [0.3, 0.4) is 0 Å². The van der Waals surface area contributed by atoms with Crippen LogP contribution in [0.1, 0.15) is 36.8 Å². The summed E-state index contributed by atoms with van der Waals surface area (Å²) in [4.78, 5) is 22.0. The summed E-state index contributed by atoms with van der Waals surface area (Å²) in [5, 5.41) is 11.8. The lowest BCUT2D eigenvalue weighted by Gasteiger charge is -2.41. The Hall–Kier alpha value is -3.26. The maximum atomic E-state index is 13.7. The Morgan fingerprint density at radius 3 is 2.41 bits per heavy atom. The smallest absolute Gasteiger partial charge is 0.259 e. The molecule has 180 valence electrons. The molecular weight excluding hydrogens is 432 g/mol. The summed E-state index contributed by atoms with van der Waals surface area (Å²) in [5.41, 5.74) is 6.49. The van der Waals surface area contributed by atoms with Gasteiger partial charge in [0.15, 0.2) is 23.1 Å². The highest BCUT2D eigenvalue weighted by atomic mass is 16.7. The van der Waals surface area contributed by atoms with Crippen LogP contribution in [0.25, 0.3) is 0 Å². The first-order chi connectivity index (χ1) is 16.6. The van der Waals surface area contributed by atoms with Crippen LogP contribution in [-0.2, 0) is 16.9 Å². The number of aliphatic imine (C=N–C) groups is 1. The van der Waals surface area contributed by atoms with Crippen molar-refractivity contribution in [3.8, 4) is 11.5 Å². The molecule has 5 rings (SSSR count). The highest BCUT2D eigenvalue weighted by Crippen LogP contribution is 2.42. The molecule has 1 atom stereocenters. The molecule has 0 aromatic heterocycles. The van der Waals surface area contributed by atoms with Crippen LogP contribution in [-0.4, -0.2) is 59.7 Å². The minimum absolute atomic E-state index is 0.0474. The number of piperazine rings is 1. The van der Waals surface area contributed by atoms with E-state index >= 15 is 0 Å². The number of benzene rings is 2. The van der Waals surface area contributed by atoms with Gasteiger partial charge in [-0.2, -0.15) is 0 Å². The van der Waals surface area contributed by atoms with Gasteiger partial charge in [0.05, 0.1) is 6.54 Å². The van der Waals surface area contributed by atoms with Gasteiger partial charge in [0.25, 0.3) is 5.91 Å². The molecule has 3 aliphatic rings. The number of amides is 1. The van der Waals surface area contributed by atoms with Gasteiger partial charge in [0, 0.05) is 32.1 Å². The van der Waals surface area contributed by atoms with Crippen LogP contribution in [0.5, 0.6) is 11.5 Å². The van der Waals surface area contributed by atoms with Crippen molar-refractivity contribution in [3.63, 3.8) is 0 Å². The number of rotatable bonds is 5. The Morgan fingerprint density at radius 2 is 1.68 bits per heavy atom. The first-order valence-corrected chi connectivity index (χ1v) is 12.1. The minimum atomic E-state index is -1.47. The van der Waals surface area contributed by atoms with Crippen LogP contribution >= 0.6 is 0 Å². The van der Waals surface area contributed by atoms with E-state index in [1.807, 2.05) is 53.4 Å². The second kappa shape index (κ2) is 9.54. The largest absolute Gasteiger partial charge is 0.454 e. The lowest BCUT2D eigenvalue weighted by Crippen LogP contribution is -2.58. The van der Waals surface area contributed by atoms with E-state index < -0.39 is 5.60 Å². The number of carbonyl (C=O) groups excluding carboxylic acids is 1. The van der Waals surface area contributed by atoms with Crippen LogP contribution < -0.4 is 15.2 Å². The quantitative estimate of drug-likeness (QED) is 0.521. The average Bonchev–Trinajstić information content (AvgIpc) is 3.59. The molecule has 1 saturated carbocycles. The molecule has 3 N–H and O–H groups in total. The number of hydrogen-bond donors (Lipinski definition) is 2. The summed E-state index contributed by atoms with van der Waals surface area (Å²) in [5.74, 6) is 1.69. The summed E-state index contributed by atoms with van der Waals surface area (Å²) >= 11 is 0. The first kappa shape index (κ1) is 22.5. The fraction of sp³-hybridized carbons (Fsp3) is 0.462. The third-order valence-electron chi connectivity index (χ3n) is 7.24. The summed E-state index contributed by atoms with van der Waals surface area (Å²) in [7, 11) is 0. The highest BCUT2D eigenvalue weighted by Gasteiger charge is 2.48. The van der Waals surface area contributed by atoms with Gasteiger partial charge in [-0.15, -0.1) is 0 Å². The zero-order chi connectivity index (χ0) is 23.5. The van der Waals surface area contributed by atoms with E-state index in [2.05, 4.69) is 4.99 Å². The van der Waals surface area contributed by atoms with Gasteiger partial charge < -0.3 is 30.1 Å². The lowest BCUT2D eigenvalue weighted by molar-refractivity contribution is -0.160. The molecule has 0 spiro atoms. The van der Waals surface area contributed by atoms with Gasteiger partial charge in [-0.3, -0.25) is 4.79 Å². The van der Waals surface area contributed by atoms with Crippen molar-refractivity contribution in [1.29, 1.82) is 0 Å². The number of ether oxygens (including phenoxy) is 2. The van der Waals surface area contributed by atoms with Crippen LogP contribution in [0.15, 0.2) is 53.5 Å². The predicted octanol–water partition coefficient (Wildman–Crippen LogP) is 2.45. The van der Waals surface area contributed by atoms with E-state index in [0.29, 0.717) is 44.2 Å². The van der Waals surface area contributed by atoms with E-state index in [-0.39, 0.29) is 18.6 Å². The van der Waals surface area contributed by atoms with Crippen molar-refractivity contribution in [3.05, 3.63) is 59.7 Å². The van der Waals surface area contributed by atoms with Gasteiger partial charge in [0.1, 0.15) is 0 Å². The molecule has 34 heavy (non-hydrogen) atoms. The van der Waals surface area contributed by atoms with E-state index in [1.165, 1.54) is 0 Å². The second-order valence-corrected chi connectivity index (χ2v) is 9.26. The van der Waals surface area contributed by atoms with Gasteiger partial charge in [0.2, 0.25) is 6.79 Å². The number of fused-ring (bicyclic) bond motifs is 1. The number of carbonyl (C=O) groups is 1. The zero-order valence-corrected chi connectivity index (χ0v) is 19.4. The number of nitrogens with two attached hydrogens (primary N) is 1. The van der Waals surface area contributed by atoms with E-state index in [0.717, 1.165) is 42.7 Å². The molecule has 0 radical (unpaired) electrons. The topological polar surface area (TPSA) is 101 Å². The SMILES string of the molecule is NC(=NCc1ccc2c(c1)OCO2)N1CCN(C(=O)C(O)(c2ccccc2)C2CCCC2)CC1. The fourth-order valence-corrected chi connectivity index (χ4v) is 5.26.